The molecule has 2 aliphatic rings. The van der Waals surface area contributed by atoms with Crippen LogP contribution in [0.15, 0.2) is 41.5 Å². The van der Waals surface area contributed by atoms with E-state index in [0.717, 1.165) is 42.9 Å². The lowest BCUT2D eigenvalue weighted by Crippen LogP contribution is -2.39. The highest BCUT2D eigenvalue weighted by Crippen LogP contribution is 2.35. The monoisotopic (exact) mass is 450 g/mol. The van der Waals surface area contributed by atoms with Gasteiger partial charge in [0.25, 0.3) is 0 Å². The normalized spacial score (nSPS) is 23.2. The van der Waals surface area contributed by atoms with Crippen LogP contribution in [0.4, 0.5) is 0 Å². The molecule has 2 unspecified atom stereocenters. The molecular formula is C20H27IN4. The molecule has 1 aliphatic carbocycles. The first kappa shape index (κ1) is 18.4. The number of para-hydroxylation sites is 1. The van der Waals surface area contributed by atoms with Gasteiger partial charge in [0, 0.05) is 38.3 Å². The van der Waals surface area contributed by atoms with E-state index < -0.39 is 0 Å². The highest BCUT2D eigenvalue weighted by atomic mass is 127. The number of likely N-dealkylation sites (tertiary alicyclic amines) is 1. The van der Waals surface area contributed by atoms with Crippen LogP contribution >= 0.6 is 24.0 Å². The van der Waals surface area contributed by atoms with Gasteiger partial charge in [-0.25, -0.2) is 0 Å². The van der Waals surface area contributed by atoms with Crippen molar-refractivity contribution < 1.29 is 0 Å². The van der Waals surface area contributed by atoms with Crippen LogP contribution in [0.1, 0.15) is 31.2 Å². The molecule has 2 fully saturated rings. The predicted octanol–water partition coefficient (Wildman–Crippen LogP) is 4.05. The summed E-state index contributed by atoms with van der Waals surface area (Å²) in [6.45, 7) is 3.10. The minimum absolute atomic E-state index is 0. The number of hydrogen-bond acceptors (Lipinski definition) is 2. The number of aromatic nitrogens is 1. The summed E-state index contributed by atoms with van der Waals surface area (Å²) in [4.78, 5) is 11.5. The Morgan fingerprint density at radius 1 is 1.16 bits per heavy atom. The van der Waals surface area contributed by atoms with Gasteiger partial charge in [-0.3, -0.25) is 9.98 Å². The van der Waals surface area contributed by atoms with Crippen LogP contribution in [0.2, 0.25) is 0 Å². The summed E-state index contributed by atoms with van der Waals surface area (Å²) in [5.74, 6) is 2.78. The summed E-state index contributed by atoms with van der Waals surface area (Å²) >= 11 is 0. The Hall–Kier alpha value is -1.37. The lowest BCUT2D eigenvalue weighted by atomic mass is 9.82. The van der Waals surface area contributed by atoms with Crippen molar-refractivity contribution in [3.05, 3.63) is 42.1 Å². The molecular weight excluding hydrogens is 423 g/mol. The molecule has 2 aromatic rings. The molecule has 5 heteroatoms. The van der Waals surface area contributed by atoms with Gasteiger partial charge in [0.2, 0.25) is 0 Å². The molecule has 1 saturated heterocycles. The zero-order valence-electron chi connectivity index (χ0n) is 14.8. The van der Waals surface area contributed by atoms with Crippen molar-refractivity contribution in [1.82, 2.24) is 15.2 Å². The first-order chi connectivity index (χ1) is 11.8. The van der Waals surface area contributed by atoms with Gasteiger partial charge in [0.15, 0.2) is 5.96 Å². The molecule has 0 spiro atoms. The van der Waals surface area contributed by atoms with E-state index in [1.54, 1.807) is 0 Å². The van der Waals surface area contributed by atoms with E-state index in [1.165, 1.54) is 36.6 Å². The van der Waals surface area contributed by atoms with Gasteiger partial charge >= 0.3 is 0 Å². The summed E-state index contributed by atoms with van der Waals surface area (Å²) in [7, 11) is 1.89. The fourth-order valence-corrected chi connectivity index (χ4v) is 4.40. The molecule has 4 nitrogen and oxygen atoms in total. The van der Waals surface area contributed by atoms with E-state index in [-0.39, 0.29) is 24.0 Å². The average Bonchev–Trinajstić information content (AvgIpc) is 3.06. The summed E-state index contributed by atoms with van der Waals surface area (Å²) in [5, 5.41) is 4.76. The van der Waals surface area contributed by atoms with Crippen molar-refractivity contribution in [3.8, 4) is 0 Å². The number of nitrogens with one attached hydrogen (secondary N) is 1. The molecule has 1 aromatic heterocycles. The molecule has 2 heterocycles. The highest BCUT2D eigenvalue weighted by Gasteiger charge is 2.35. The molecule has 0 bridgehead atoms. The number of fused-ring (bicyclic) bond motifs is 2. The van der Waals surface area contributed by atoms with Crippen LogP contribution in [0, 0.1) is 11.8 Å². The lowest BCUT2D eigenvalue weighted by Gasteiger charge is -2.22. The maximum atomic E-state index is 4.55. The molecule has 1 aromatic carbocycles. The smallest absolute Gasteiger partial charge is 0.193 e. The van der Waals surface area contributed by atoms with Crippen molar-refractivity contribution in [2.75, 3.05) is 20.1 Å². The van der Waals surface area contributed by atoms with E-state index in [1.807, 2.05) is 19.3 Å². The SMILES string of the molecule is CN=C(NCc1cccc2cccnc12)N1CC2CCCCC2C1.I. The van der Waals surface area contributed by atoms with Crippen LogP contribution in [-0.4, -0.2) is 36.0 Å². The molecule has 25 heavy (non-hydrogen) atoms. The van der Waals surface area contributed by atoms with Gasteiger partial charge in [-0.15, -0.1) is 24.0 Å². The summed E-state index contributed by atoms with van der Waals surface area (Å²) in [6, 6.07) is 10.5. The van der Waals surface area contributed by atoms with Crippen LogP contribution in [0.3, 0.4) is 0 Å². The number of halogens is 1. The summed E-state index contributed by atoms with van der Waals surface area (Å²) in [6.07, 6.45) is 7.47. The molecule has 4 rings (SSSR count). The topological polar surface area (TPSA) is 40.5 Å². The minimum atomic E-state index is 0. The fraction of sp³-hybridized carbons (Fsp3) is 0.500. The second-order valence-electron chi connectivity index (χ2n) is 7.10. The third kappa shape index (κ3) is 3.91. The maximum absolute atomic E-state index is 4.55. The number of benzene rings is 1. The number of hydrogen-bond donors (Lipinski definition) is 1. The van der Waals surface area contributed by atoms with Crippen molar-refractivity contribution in [2.24, 2.45) is 16.8 Å². The number of nitrogens with zero attached hydrogens (tertiary/aromatic N) is 3. The van der Waals surface area contributed by atoms with Gasteiger partial charge in [-0.2, -0.15) is 0 Å². The average molecular weight is 450 g/mol. The summed E-state index contributed by atoms with van der Waals surface area (Å²) < 4.78 is 0. The van der Waals surface area contributed by atoms with Crippen LogP contribution in [0.5, 0.6) is 0 Å². The van der Waals surface area contributed by atoms with Gasteiger partial charge in [-0.1, -0.05) is 37.1 Å². The Labute approximate surface area is 167 Å². The molecule has 0 amide bonds. The Morgan fingerprint density at radius 2 is 1.88 bits per heavy atom. The number of guanidine groups is 1. The molecule has 1 saturated carbocycles. The van der Waals surface area contributed by atoms with Crippen LogP contribution < -0.4 is 5.32 Å². The van der Waals surface area contributed by atoms with Gasteiger partial charge in [-0.05, 0) is 36.3 Å². The van der Waals surface area contributed by atoms with Crippen LogP contribution in [0.25, 0.3) is 10.9 Å². The van der Waals surface area contributed by atoms with Crippen LogP contribution in [-0.2, 0) is 6.54 Å². The number of aliphatic imine (C=N–C) groups is 1. The Kier molecular flexibility index (Phi) is 6.15. The van der Waals surface area contributed by atoms with E-state index in [9.17, 15) is 0 Å². The largest absolute Gasteiger partial charge is 0.352 e. The molecule has 134 valence electrons. The Balaban J connectivity index is 0.00000182. The molecule has 2 atom stereocenters. The molecule has 1 N–H and O–H groups in total. The third-order valence-electron chi connectivity index (χ3n) is 5.64. The standard InChI is InChI=1S/C20H26N4.HI/c1-21-20(24-13-17-6-2-3-7-18(17)14-24)23-12-16-9-4-8-15-10-5-11-22-19(15)16;/h4-5,8-11,17-18H,2-3,6-7,12-14H2,1H3,(H,21,23);1H. The van der Waals surface area contributed by atoms with Gasteiger partial charge in [0.1, 0.15) is 0 Å². The van der Waals surface area contributed by atoms with Crippen molar-refractivity contribution >= 4 is 40.8 Å². The van der Waals surface area contributed by atoms with E-state index in [2.05, 4.69) is 44.5 Å². The fourth-order valence-electron chi connectivity index (χ4n) is 4.40. The molecule has 0 radical (unpaired) electrons. The van der Waals surface area contributed by atoms with Crippen molar-refractivity contribution in [1.29, 1.82) is 0 Å². The van der Waals surface area contributed by atoms with E-state index >= 15 is 0 Å². The zero-order chi connectivity index (χ0) is 16.4. The van der Waals surface area contributed by atoms with E-state index in [4.69, 9.17) is 0 Å². The van der Waals surface area contributed by atoms with Gasteiger partial charge in [0.05, 0.1) is 5.52 Å². The molecule has 1 aliphatic heterocycles. The summed E-state index contributed by atoms with van der Waals surface area (Å²) in [5.41, 5.74) is 2.31. The number of pyridine rings is 1. The second-order valence-corrected chi connectivity index (χ2v) is 7.10. The first-order valence-corrected chi connectivity index (χ1v) is 9.13. The maximum Gasteiger partial charge on any atom is 0.193 e. The second kappa shape index (κ2) is 8.34. The highest BCUT2D eigenvalue weighted by molar-refractivity contribution is 14.0. The first-order valence-electron chi connectivity index (χ1n) is 9.13. The minimum Gasteiger partial charge on any atom is -0.352 e. The predicted molar refractivity (Wildman–Crippen MR) is 114 cm³/mol. The van der Waals surface area contributed by atoms with Crippen molar-refractivity contribution in [2.45, 2.75) is 32.2 Å². The van der Waals surface area contributed by atoms with Crippen molar-refractivity contribution in [3.63, 3.8) is 0 Å². The van der Waals surface area contributed by atoms with Gasteiger partial charge < -0.3 is 10.2 Å². The third-order valence-corrected chi connectivity index (χ3v) is 5.64. The lowest BCUT2D eigenvalue weighted by molar-refractivity contribution is 0.299. The van der Waals surface area contributed by atoms with E-state index in [0.29, 0.717) is 0 Å². The quantitative estimate of drug-likeness (QED) is 0.427. The Morgan fingerprint density at radius 3 is 2.60 bits per heavy atom. The Bertz CT molecular complexity index is 726. The zero-order valence-corrected chi connectivity index (χ0v) is 17.1. The number of rotatable bonds is 2.